The summed E-state index contributed by atoms with van der Waals surface area (Å²) < 4.78 is 11.8. The normalized spacial score (nSPS) is 19.0. The minimum Gasteiger partial charge on any atom is -0.364 e. The summed E-state index contributed by atoms with van der Waals surface area (Å²) in [6, 6.07) is 0.437. The van der Waals surface area contributed by atoms with Crippen molar-refractivity contribution in [3.63, 3.8) is 0 Å². The van der Waals surface area contributed by atoms with E-state index < -0.39 is 0 Å². The Hall–Kier alpha value is -1.91. The SMILES string of the molecule is CCCCCCCCON1CCC(N(COC)c2nc(NCCCCC3CC(C)(C)N(OCCCCCCCC)C(C)(C)C3)nc(N(COC)C3CCN(OCCCCCCCC)CC3)n2)CC1. The molecule has 14 heteroatoms. The molecule has 0 saturated carbocycles. The van der Waals surface area contributed by atoms with E-state index in [1.807, 2.05) is 0 Å². The molecule has 3 saturated heterocycles. The molecule has 1 aromatic heterocycles. The Kier molecular flexibility index (Phi) is 29.1. The van der Waals surface area contributed by atoms with E-state index in [9.17, 15) is 0 Å². The number of hydroxylamine groups is 6. The van der Waals surface area contributed by atoms with Gasteiger partial charge in [0, 0.05) is 70.1 Å². The molecule has 0 aromatic carbocycles. The lowest BCUT2D eigenvalue weighted by atomic mass is 9.73. The maximum absolute atomic E-state index is 6.56. The molecule has 1 N–H and O–H groups in total. The molecule has 396 valence electrons. The average Bonchev–Trinajstić information content (AvgIpc) is 3.32. The monoisotopic (exact) mass is 960 g/mol. The van der Waals surface area contributed by atoms with Gasteiger partial charge in [0.05, 0.1) is 19.8 Å². The first kappa shape index (κ1) is 58.7. The van der Waals surface area contributed by atoms with E-state index in [1.54, 1.807) is 14.2 Å². The lowest BCUT2D eigenvalue weighted by Crippen LogP contribution is -2.60. The Labute approximate surface area is 416 Å². The van der Waals surface area contributed by atoms with Gasteiger partial charge in [-0.15, -0.1) is 0 Å². The molecular weight excluding hydrogens is 855 g/mol. The van der Waals surface area contributed by atoms with Crippen LogP contribution >= 0.6 is 0 Å². The van der Waals surface area contributed by atoms with Crippen molar-refractivity contribution in [2.45, 2.75) is 245 Å². The van der Waals surface area contributed by atoms with Crippen LogP contribution in [0.15, 0.2) is 0 Å². The first-order valence-corrected chi connectivity index (χ1v) is 28.2. The van der Waals surface area contributed by atoms with Crippen LogP contribution in [0.25, 0.3) is 0 Å². The summed E-state index contributed by atoms with van der Waals surface area (Å²) in [4.78, 5) is 39.1. The van der Waals surface area contributed by atoms with E-state index in [-0.39, 0.29) is 23.2 Å². The van der Waals surface area contributed by atoms with E-state index >= 15 is 0 Å². The highest BCUT2D eigenvalue weighted by atomic mass is 16.7. The molecule has 0 aliphatic carbocycles. The van der Waals surface area contributed by atoms with Crippen LogP contribution in [0.1, 0.15) is 222 Å². The van der Waals surface area contributed by atoms with Crippen molar-refractivity contribution in [2.24, 2.45) is 5.92 Å². The summed E-state index contributed by atoms with van der Waals surface area (Å²) in [7, 11) is 3.53. The molecule has 3 fully saturated rings. The second-order valence-electron chi connectivity index (χ2n) is 21.8. The van der Waals surface area contributed by atoms with Crippen LogP contribution in [0.3, 0.4) is 0 Å². The Balaban J connectivity index is 1.38. The van der Waals surface area contributed by atoms with E-state index in [2.05, 4.69) is 78.8 Å². The first-order valence-electron chi connectivity index (χ1n) is 28.2. The van der Waals surface area contributed by atoms with Crippen molar-refractivity contribution in [3.05, 3.63) is 0 Å². The molecule has 0 atom stereocenters. The molecule has 0 bridgehead atoms. The van der Waals surface area contributed by atoms with Crippen molar-refractivity contribution >= 4 is 17.8 Å². The predicted octanol–water partition coefficient (Wildman–Crippen LogP) is 12.3. The molecule has 0 unspecified atom stereocenters. The number of anilines is 3. The Bertz CT molecular complexity index is 1330. The van der Waals surface area contributed by atoms with Crippen LogP contribution in [0.5, 0.6) is 0 Å². The zero-order chi connectivity index (χ0) is 48.9. The van der Waals surface area contributed by atoms with Crippen LogP contribution in [0.2, 0.25) is 0 Å². The number of piperidine rings is 3. The molecule has 0 spiro atoms. The van der Waals surface area contributed by atoms with E-state index in [0.29, 0.717) is 37.2 Å². The van der Waals surface area contributed by atoms with Crippen molar-refractivity contribution in [1.29, 1.82) is 0 Å². The Morgan fingerprint density at radius 1 is 0.515 bits per heavy atom. The molecule has 0 radical (unpaired) electrons. The summed E-state index contributed by atoms with van der Waals surface area (Å²) in [6.07, 6.45) is 32.4. The molecule has 4 heterocycles. The van der Waals surface area contributed by atoms with E-state index in [1.165, 1.54) is 103 Å². The number of rotatable bonds is 38. The van der Waals surface area contributed by atoms with Gasteiger partial charge in [-0.1, -0.05) is 130 Å². The number of nitrogens with one attached hydrogen (secondary N) is 1. The van der Waals surface area contributed by atoms with Gasteiger partial charge in [0.25, 0.3) is 0 Å². The number of hydrogen-bond acceptors (Lipinski definition) is 14. The molecule has 3 aliphatic heterocycles. The fourth-order valence-corrected chi connectivity index (χ4v) is 11.2. The number of ether oxygens (including phenoxy) is 2. The van der Waals surface area contributed by atoms with Gasteiger partial charge in [-0.05, 0) is 97.8 Å². The second kappa shape index (κ2) is 33.7. The van der Waals surface area contributed by atoms with Crippen LogP contribution in [0, 0.1) is 5.92 Å². The van der Waals surface area contributed by atoms with Crippen LogP contribution < -0.4 is 15.1 Å². The topological polar surface area (TPSA) is 113 Å². The number of methoxy groups -OCH3 is 2. The number of unbranched alkanes of at least 4 members (excludes halogenated alkanes) is 16. The summed E-state index contributed by atoms with van der Waals surface area (Å²) in [5.74, 6) is 2.59. The second-order valence-corrected chi connectivity index (χ2v) is 21.8. The van der Waals surface area contributed by atoms with E-state index in [0.717, 1.165) is 123 Å². The summed E-state index contributed by atoms with van der Waals surface area (Å²) in [5.41, 5.74) is 0.00219. The minimum absolute atomic E-state index is 0.00109. The molecule has 0 amide bonds. The Morgan fingerprint density at radius 3 is 1.32 bits per heavy atom. The minimum atomic E-state index is 0.00109. The first-order chi connectivity index (χ1) is 33.0. The summed E-state index contributed by atoms with van der Waals surface area (Å²) in [5, 5.41) is 10.4. The third-order valence-electron chi connectivity index (χ3n) is 14.7. The molecule has 14 nitrogen and oxygen atoms in total. The van der Waals surface area contributed by atoms with Gasteiger partial charge in [0.2, 0.25) is 17.8 Å². The maximum atomic E-state index is 6.56. The molecule has 68 heavy (non-hydrogen) atoms. The third-order valence-corrected chi connectivity index (χ3v) is 14.7. The third kappa shape index (κ3) is 21.4. The molecule has 1 aromatic rings. The largest absolute Gasteiger partial charge is 0.364 e. The van der Waals surface area contributed by atoms with Crippen molar-refractivity contribution < 1.29 is 24.0 Å². The molecule has 3 aliphatic rings. The molecular formula is C54H105N9O5. The maximum Gasteiger partial charge on any atom is 0.234 e. The predicted molar refractivity (Wildman–Crippen MR) is 281 cm³/mol. The fraction of sp³-hybridized carbons (Fsp3) is 0.944. The highest BCUT2D eigenvalue weighted by Gasteiger charge is 2.46. The van der Waals surface area contributed by atoms with Crippen LogP contribution in [0.4, 0.5) is 17.8 Å². The van der Waals surface area contributed by atoms with Gasteiger partial charge in [0.1, 0.15) is 13.5 Å². The van der Waals surface area contributed by atoms with Gasteiger partial charge >= 0.3 is 0 Å². The van der Waals surface area contributed by atoms with Crippen LogP contribution in [-0.2, 0) is 24.0 Å². The van der Waals surface area contributed by atoms with Gasteiger partial charge in [-0.25, -0.2) is 0 Å². The van der Waals surface area contributed by atoms with Crippen molar-refractivity contribution in [1.82, 2.24) is 30.1 Å². The van der Waals surface area contributed by atoms with Crippen molar-refractivity contribution in [3.8, 4) is 0 Å². The van der Waals surface area contributed by atoms with Gasteiger partial charge in [0.15, 0.2) is 0 Å². The highest BCUT2D eigenvalue weighted by Crippen LogP contribution is 2.43. The number of hydrogen-bond donors (Lipinski definition) is 1. The summed E-state index contributed by atoms with van der Waals surface area (Å²) >= 11 is 0. The summed E-state index contributed by atoms with van der Waals surface area (Å²) in [6.45, 7) is 23.8. The smallest absolute Gasteiger partial charge is 0.234 e. The quantitative estimate of drug-likeness (QED) is 0.0501. The Morgan fingerprint density at radius 2 is 0.912 bits per heavy atom. The average molecular weight is 960 g/mol. The van der Waals surface area contributed by atoms with Gasteiger partial charge in [-0.3, -0.25) is 14.5 Å². The van der Waals surface area contributed by atoms with E-state index in [4.69, 9.17) is 38.9 Å². The lowest BCUT2D eigenvalue weighted by Gasteiger charge is -2.54. The fourth-order valence-electron chi connectivity index (χ4n) is 11.2. The lowest BCUT2D eigenvalue weighted by molar-refractivity contribution is -0.288. The highest BCUT2D eigenvalue weighted by molar-refractivity contribution is 5.46. The molecule has 4 rings (SSSR count). The number of nitrogens with zero attached hydrogens (tertiary/aromatic N) is 8. The standard InChI is InChI=1S/C54H105N9O5/c1-10-13-16-19-22-27-40-66-59-36-31-48(32-37-59)61(45-64-8)51-56-50(57-52(58-51)62(46-65-9)49-33-38-60(39-34-49)67-41-28-23-20-17-14-11-2)55-35-26-25-30-47-43-53(4,5)63(54(6,7)44-47)68-42-29-24-21-18-15-12-3/h47-49H,10-46H2,1-9H3,(H,55,56,57,58). The number of aromatic nitrogens is 3. The zero-order valence-electron chi connectivity index (χ0n) is 45.5. The zero-order valence-corrected chi connectivity index (χ0v) is 45.5. The van der Waals surface area contributed by atoms with Gasteiger partial charge < -0.3 is 24.6 Å². The van der Waals surface area contributed by atoms with Crippen LogP contribution in [-0.4, -0.2) is 134 Å². The van der Waals surface area contributed by atoms with Crippen molar-refractivity contribution in [2.75, 3.05) is 95.3 Å². The van der Waals surface area contributed by atoms with Gasteiger partial charge in [-0.2, -0.15) is 30.1 Å².